The molecule has 2 aromatic rings. The van der Waals surface area contributed by atoms with Crippen LogP contribution in [0.25, 0.3) is 6.08 Å². The summed E-state index contributed by atoms with van der Waals surface area (Å²) in [4.78, 5) is 37.4. The number of fused-ring (bicyclic) bond motifs is 1. The maximum absolute atomic E-state index is 12.8. The van der Waals surface area contributed by atoms with Gasteiger partial charge in [-0.3, -0.25) is 24.6 Å². The zero-order valence-corrected chi connectivity index (χ0v) is 18.6. The van der Waals surface area contributed by atoms with E-state index in [9.17, 15) is 19.7 Å². The van der Waals surface area contributed by atoms with Crippen molar-refractivity contribution in [2.45, 2.75) is 0 Å². The van der Waals surface area contributed by atoms with Crippen molar-refractivity contribution in [2.75, 3.05) is 19.9 Å². The molecule has 2 aliphatic rings. The third kappa shape index (κ3) is 4.54. The third-order valence-electron chi connectivity index (χ3n) is 4.59. The van der Waals surface area contributed by atoms with Gasteiger partial charge in [0.1, 0.15) is 9.88 Å². The Labute approximate surface area is 196 Å². The van der Waals surface area contributed by atoms with E-state index in [2.05, 4.69) is 5.32 Å². The van der Waals surface area contributed by atoms with Gasteiger partial charge in [-0.1, -0.05) is 41.6 Å². The first-order chi connectivity index (χ1) is 15.3. The molecule has 0 unspecified atom stereocenters. The van der Waals surface area contributed by atoms with E-state index in [0.717, 1.165) is 23.4 Å². The molecule has 12 heteroatoms. The number of nitro groups is 1. The summed E-state index contributed by atoms with van der Waals surface area (Å²) in [6, 6.07) is 9.13. The molecule has 1 N–H and O–H groups in total. The van der Waals surface area contributed by atoms with Crippen molar-refractivity contribution in [3.63, 3.8) is 0 Å². The average molecular weight is 492 g/mol. The molecule has 0 radical (unpaired) electrons. The number of nitrogens with one attached hydrogen (secondary N) is 1. The molecule has 1 fully saturated rings. The van der Waals surface area contributed by atoms with E-state index in [1.165, 1.54) is 17.0 Å². The van der Waals surface area contributed by atoms with Crippen LogP contribution in [0.3, 0.4) is 0 Å². The SMILES string of the molecule is O=C(NCCN1C(=O)/C(=C/c2ccc3c(c2)OCO3)SC1=S)c1ccc(Cl)cc1[N+](=O)[O-]. The van der Waals surface area contributed by atoms with Gasteiger partial charge in [0.2, 0.25) is 6.79 Å². The predicted molar refractivity (Wildman–Crippen MR) is 123 cm³/mol. The van der Waals surface area contributed by atoms with Gasteiger partial charge < -0.3 is 14.8 Å². The minimum atomic E-state index is -0.677. The van der Waals surface area contributed by atoms with Crippen LogP contribution in [0.2, 0.25) is 5.02 Å². The molecule has 0 aliphatic carbocycles. The number of hydrogen-bond donors (Lipinski definition) is 1. The number of hydrogen-bond acceptors (Lipinski definition) is 8. The van der Waals surface area contributed by atoms with Crippen LogP contribution in [-0.4, -0.2) is 45.8 Å². The highest BCUT2D eigenvalue weighted by Gasteiger charge is 2.32. The molecule has 32 heavy (non-hydrogen) atoms. The molecule has 0 spiro atoms. The number of nitrogens with zero attached hydrogens (tertiary/aromatic N) is 2. The molecule has 2 amide bonds. The lowest BCUT2D eigenvalue weighted by molar-refractivity contribution is -0.385. The largest absolute Gasteiger partial charge is 0.454 e. The molecule has 0 saturated carbocycles. The first-order valence-corrected chi connectivity index (χ1v) is 10.8. The number of amides is 2. The van der Waals surface area contributed by atoms with Crippen LogP contribution < -0.4 is 14.8 Å². The van der Waals surface area contributed by atoms with Crippen molar-refractivity contribution < 1.29 is 24.0 Å². The van der Waals surface area contributed by atoms with Crippen LogP contribution in [0, 0.1) is 10.1 Å². The van der Waals surface area contributed by atoms with Crippen molar-refractivity contribution in [1.82, 2.24) is 10.2 Å². The number of thiocarbonyl (C=S) groups is 1. The Kier molecular flexibility index (Phi) is 6.31. The maximum Gasteiger partial charge on any atom is 0.283 e. The van der Waals surface area contributed by atoms with Crippen molar-refractivity contribution >= 4 is 63.5 Å². The number of carbonyl (C=O) groups excluding carboxylic acids is 2. The highest BCUT2D eigenvalue weighted by Crippen LogP contribution is 2.36. The molecule has 164 valence electrons. The topological polar surface area (TPSA) is 111 Å². The summed E-state index contributed by atoms with van der Waals surface area (Å²) in [6.07, 6.45) is 1.71. The highest BCUT2D eigenvalue weighted by molar-refractivity contribution is 8.26. The number of carbonyl (C=O) groups is 2. The van der Waals surface area contributed by atoms with Gasteiger partial charge in [-0.05, 0) is 35.9 Å². The number of rotatable bonds is 6. The van der Waals surface area contributed by atoms with Crippen LogP contribution in [0.1, 0.15) is 15.9 Å². The summed E-state index contributed by atoms with van der Waals surface area (Å²) in [5.41, 5.74) is 0.248. The summed E-state index contributed by atoms with van der Waals surface area (Å²) >= 11 is 12.2. The Balaban J connectivity index is 1.39. The quantitative estimate of drug-likeness (QED) is 0.282. The van der Waals surface area contributed by atoms with Crippen LogP contribution >= 0.6 is 35.6 Å². The van der Waals surface area contributed by atoms with E-state index in [1.54, 1.807) is 24.3 Å². The van der Waals surface area contributed by atoms with Crippen LogP contribution in [0.15, 0.2) is 41.3 Å². The normalized spacial score (nSPS) is 16.0. The van der Waals surface area contributed by atoms with Gasteiger partial charge >= 0.3 is 0 Å². The molecule has 4 rings (SSSR count). The minimum absolute atomic E-state index is 0.0579. The summed E-state index contributed by atoms with van der Waals surface area (Å²) in [5.74, 6) is 0.318. The van der Waals surface area contributed by atoms with E-state index in [1.807, 2.05) is 0 Å². The lowest BCUT2D eigenvalue weighted by Gasteiger charge is -2.14. The lowest BCUT2D eigenvalue weighted by atomic mass is 10.1. The van der Waals surface area contributed by atoms with Crippen LogP contribution in [-0.2, 0) is 4.79 Å². The molecule has 0 atom stereocenters. The zero-order valence-electron chi connectivity index (χ0n) is 16.2. The zero-order chi connectivity index (χ0) is 22.8. The van der Waals surface area contributed by atoms with Gasteiger partial charge in [-0.2, -0.15) is 0 Å². The number of ether oxygens (including phenoxy) is 2. The monoisotopic (exact) mass is 491 g/mol. The van der Waals surface area contributed by atoms with Gasteiger partial charge in [0.05, 0.1) is 9.83 Å². The Morgan fingerprint density at radius 2 is 2.06 bits per heavy atom. The van der Waals surface area contributed by atoms with E-state index in [4.69, 9.17) is 33.3 Å². The number of halogens is 1. The van der Waals surface area contributed by atoms with E-state index < -0.39 is 16.5 Å². The molecular formula is C20H14ClN3O6S2. The smallest absolute Gasteiger partial charge is 0.283 e. The predicted octanol–water partition coefficient (Wildman–Crippen LogP) is 3.61. The standard InChI is InChI=1S/C20H14ClN3O6S2/c21-12-2-3-13(14(9-12)24(27)28)18(25)22-5-6-23-19(26)17(32-20(23)31)8-11-1-4-15-16(7-11)30-10-29-15/h1-4,7-9H,5-6,10H2,(H,22,25)/b17-8-. The van der Waals surface area contributed by atoms with Gasteiger partial charge in [-0.15, -0.1) is 0 Å². The van der Waals surface area contributed by atoms with Crippen LogP contribution in [0.4, 0.5) is 5.69 Å². The van der Waals surface area contributed by atoms with Crippen molar-refractivity contribution in [3.05, 3.63) is 67.6 Å². The molecule has 2 aromatic carbocycles. The average Bonchev–Trinajstić information content (AvgIpc) is 3.32. The van der Waals surface area contributed by atoms with Gasteiger partial charge in [0.25, 0.3) is 17.5 Å². The molecular weight excluding hydrogens is 478 g/mol. The summed E-state index contributed by atoms with van der Waals surface area (Å²) < 4.78 is 11.0. The second kappa shape index (κ2) is 9.15. The molecule has 0 aromatic heterocycles. The summed E-state index contributed by atoms with van der Waals surface area (Å²) in [7, 11) is 0. The molecule has 2 heterocycles. The Morgan fingerprint density at radius 1 is 1.28 bits per heavy atom. The fourth-order valence-electron chi connectivity index (χ4n) is 3.07. The Hall–Kier alpha value is -3.15. The van der Waals surface area contributed by atoms with Crippen molar-refractivity contribution in [2.24, 2.45) is 0 Å². The highest BCUT2D eigenvalue weighted by atomic mass is 35.5. The van der Waals surface area contributed by atoms with E-state index >= 15 is 0 Å². The third-order valence-corrected chi connectivity index (χ3v) is 6.20. The van der Waals surface area contributed by atoms with Crippen molar-refractivity contribution in [1.29, 1.82) is 0 Å². The summed E-state index contributed by atoms with van der Waals surface area (Å²) in [6.45, 7) is 0.338. The van der Waals surface area contributed by atoms with Gasteiger partial charge in [0, 0.05) is 24.2 Å². The molecule has 1 saturated heterocycles. The lowest BCUT2D eigenvalue weighted by Crippen LogP contribution is -2.37. The van der Waals surface area contributed by atoms with Gasteiger partial charge in [-0.25, -0.2) is 0 Å². The summed E-state index contributed by atoms with van der Waals surface area (Å²) in [5, 5.41) is 13.9. The van der Waals surface area contributed by atoms with E-state index in [0.29, 0.717) is 20.7 Å². The van der Waals surface area contributed by atoms with E-state index in [-0.39, 0.29) is 36.4 Å². The first-order valence-electron chi connectivity index (χ1n) is 9.20. The molecule has 9 nitrogen and oxygen atoms in total. The Bertz CT molecular complexity index is 1190. The molecule has 0 bridgehead atoms. The van der Waals surface area contributed by atoms with Crippen LogP contribution in [0.5, 0.6) is 11.5 Å². The number of thioether (sulfide) groups is 1. The maximum atomic E-state index is 12.8. The number of nitro benzene ring substituents is 1. The fourth-order valence-corrected chi connectivity index (χ4v) is 4.55. The molecule has 2 aliphatic heterocycles. The number of benzene rings is 2. The van der Waals surface area contributed by atoms with Gasteiger partial charge in [0.15, 0.2) is 11.5 Å². The fraction of sp³-hybridized carbons (Fsp3) is 0.150. The first kappa shape index (κ1) is 22.1. The minimum Gasteiger partial charge on any atom is -0.454 e. The second-order valence-electron chi connectivity index (χ2n) is 6.62. The van der Waals surface area contributed by atoms with Crippen molar-refractivity contribution in [3.8, 4) is 11.5 Å². The Morgan fingerprint density at radius 3 is 2.84 bits per heavy atom. The second-order valence-corrected chi connectivity index (χ2v) is 8.73.